The van der Waals surface area contributed by atoms with E-state index >= 15 is 0 Å². The Balaban J connectivity index is 2.08. The maximum Gasteiger partial charge on any atom is 0.416 e. The summed E-state index contributed by atoms with van der Waals surface area (Å²) >= 11 is 6.38. The van der Waals surface area contributed by atoms with Crippen LogP contribution in [0.4, 0.5) is 18.9 Å². The summed E-state index contributed by atoms with van der Waals surface area (Å²) in [6.45, 7) is 1.24. The van der Waals surface area contributed by atoms with Crippen LogP contribution in [0, 0.1) is 0 Å². The SMILES string of the molecule is CCCNC(=O)C(Cc1ccccc1)N(Cc1ccccc1Cl)C(=O)CN(c1cccc(C(F)(F)F)c1)S(C)(=O)=O. The van der Waals surface area contributed by atoms with E-state index in [4.69, 9.17) is 11.6 Å². The third-order valence-corrected chi connectivity index (χ3v) is 7.77. The minimum Gasteiger partial charge on any atom is -0.354 e. The largest absolute Gasteiger partial charge is 0.416 e. The van der Waals surface area contributed by atoms with Crippen molar-refractivity contribution in [1.82, 2.24) is 10.2 Å². The number of hydrogen-bond acceptors (Lipinski definition) is 4. The van der Waals surface area contributed by atoms with Crippen LogP contribution in [0.25, 0.3) is 0 Å². The molecule has 0 spiro atoms. The number of carbonyl (C=O) groups excluding carboxylic acids is 2. The molecule has 1 atom stereocenters. The molecule has 0 bridgehead atoms. The van der Waals surface area contributed by atoms with Crippen LogP contribution in [0.2, 0.25) is 5.02 Å². The molecule has 3 aromatic rings. The summed E-state index contributed by atoms with van der Waals surface area (Å²) < 4.78 is 66.4. The van der Waals surface area contributed by atoms with Crippen molar-refractivity contribution in [2.75, 3.05) is 23.7 Å². The van der Waals surface area contributed by atoms with E-state index in [1.807, 2.05) is 6.92 Å². The first-order valence-corrected chi connectivity index (χ1v) is 15.0. The van der Waals surface area contributed by atoms with E-state index in [0.717, 1.165) is 24.0 Å². The zero-order valence-corrected chi connectivity index (χ0v) is 24.1. The van der Waals surface area contributed by atoms with Gasteiger partial charge >= 0.3 is 6.18 Å². The predicted molar refractivity (Wildman–Crippen MR) is 153 cm³/mol. The Morgan fingerprint density at radius 1 is 0.976 bits per heavy atom. The van der Waals surface area contributed by atoms with E-state index < -0.39 is 46.2 Å². The van der Waals surface area contributed by atoms with Gasteiger partial charge in [0.05, 0.1) is 17.5 Å². The minimum atomic E-state index is -4.72. The Hall–Kier alpha value is -3.57. The van der Waals surface area contributed by atoms with Gasteiger partial charge in [-0.2, -0.15) is 13.2 Å². The van der Waals surface area contributed by atoms with Gasteiger partial charge in [-0.05, 0) is 41.8 Å². The average Bonchev–Trinajstić information content (AvgIpc) is 2.92. The van der Waals surface area contributed by atoms with Gasteiger partial charge in [0, 0.05) is 24.5 Å². The normalized spacial score (nSPS) is 12.4. The van der Waals surface area contributed by atoms with Crippen molar-refractivity contribution in [1.29, 1.82) is 0 Å². The fourth-order valence-electron chi connectivity index (χ4n) is 4.18. The van der Waals surface area contributed by atoms with Crippen LogP contribution >= 0.6 is 11.6 Å². The molecule has 0 radical (unpaired) electrons. The lowest BCUT2D eigenvalue weighted by Gasteiger charge is -2.33. The highest BCUT2D eigenvalue weighted by molar-refractivity contribution is 7.92. The van der Waals surface area contributed by atoms with Crippen LogP contribution in [-0.2, 0) is 38.8 Å². The van der Waals surface area contributed by atoms with Gasteiger partial charge in [0.2, 0.25) is 21.8 Å². The number of carbonyl (C=O) groups is 2. The molecule has 0 saturated heterocycles. The van der Waals surface area contributed by atoms with Crippen LogP contribution < -0.4 is 9.62 Å². The molecule has 220 valence electrons. The maximum absolute atomic E-state index is 14.0. The number of rotatable bonds is 12. The molecule has 7 nitrogen and oxygen atoms in total. The lowest BCUT2D eigenvalue weighted by Crippen LogP contribution is -2.53. The van der Waals surface area contributed by atoms with Gasteiger partial charge in [0.25, 0.3) is 0 Å². The zero-order valence-electron chi connectivity index (χ0n) is 22.6. The number of hydrogen-bond donors (Lipinski definition) is 1. The van der Waals surface area contributed by atoms with E-state index in [1.165, 1.54) is 11.0 Å². The number of alkyl halides is 3. The molecule has 0 heterocycles. The summed E-state index contributed by atoms with van der Waals surface area (Å²) in [5.41, 5.74) is -0.138. The summed E-state index contributed by atoms with van der Waals surface area (Å²) in [6.07, 6.45) is -3.18. The summed E-state index contributed by atoms with van der Waals surface area (Å²) in [7, 11) is -4.22. The molecule has 3 aromatic carbocycles. The summed E-state index contributed by atoms with van der Waals surface area (Å²) in [4.78, 5) is 28.6. The average molecular weight is 610 g/mol. The van der Waals surface area contributed by atoms with Crippen LogP contribution in [-0.4, -0.2) is 50.5 Å². The number of benzene rings is 3. The van der Waals surface area contributed by atoms with Gasteiger partial charge in [-0.15, -0.1) is 0 Å². The Kier molecular flexibility index (Phi) is 10.8. The summed E-state index contributed by atoms with van der Waals surface area (Å²) in [5, 5.41) is 3.13. The highest BCUT2D eigenvalue weighted by Crippen LogP contribution is 2.32. The van der Waals surface area contributed by atoms with Crippen molar-refractivity contribution in [3.63, 3.8) is 0 Å². The Labute approximate surface area is 243 Å². The number of halogens is 4. The Bertz CT molecular complexity index is 1450. The molecule has 41 heavy (non-hydrogen) atoms. The van der Waals surface area contributed by atoms with Crippen molar-refractivity contribution in [3.05, 3.63) is 101 Å². The van der Waals surface area contributed by atoms with E-state index in [-0.39, 0.29) is 18.7 Å². The van der Waals surface area contributed by atoms with Crippen molar-refractivity contribution in [2.24, 2.45) is 0 Å². The smallest absolute Gasteiger partial charge is 0.354 e. The first kappa shape index (κ1) is 32.0. The van der Waals surface area contributed by atoms with Crippen molar-refractivity contribution in [3.8, 4) is 0 Å². The Morgan fingerprint density at radius 3 is 2.24 bits per heavy atom. The monoisotopic (exact) mass is 609 g/mol. The molecule has 0 aliphatic heterocycles. The third kappa shape index (κ3) is 8.96. The van der Waals surface area contributed by atoms with Gasteiger partial charge in [-0.3, -0.25) is 13.9 Å². The third-order valence-electron chi connectivity index (χ3n) is 6.26. The second kappa shape index (κ2) is 13.9. The molecular weight excluding hydrogens is 579 g/mol. The van der Waals surface area contributed by atoms with Gasteiger partial charge < -0.3 is 10.2 Å². The second-order valence-electron chi connectivity index (χ2n) is 9.43. The van der Waals surface area contributed by atoms with Crippen LogP contribution in [0.5, 0.6) is 0 Å². The van der Waals surface area contributed by atoms with Crippen LogP contribution in [0.3, 0.4) is 0 Å². The second-order valence-corrected chi connectivity index (χ2v) is 11.7. The molecule has 0 aliphatic rings. The first-order valence-electron chi connectivity index (χ1n) is 12.8. The molecular formula is C29H31ClF3N3O4S. The van der Waals surface area contributed by atoms with Crippen molar-refractivity contribution in [2.45, 2.75) is 38.5 Å². The number of nitrogens with zero attached hydrogens (tertiary/aromatic N) is 2. The molecule has 0 saturated carbocycles. The van der Waals surface area contributed by atoms with Crippen molar-refractivity contribution >= 4 is 39.1 Å². The lowest BCUT2D eigenvalue weighted by atomic mass is 10.0. The zero-order chi connectivity index (χ0) is 30.2. The topological polar surface area (TPSA) is 86.8 Å². The van der Waals surface area contributed by atoms with E-state index in [0.29, 0.717) is 33.9 Å². The number of amides is 2. The molecule has 0 fully saturated rings. The quantitative estimate of drug-likeness (QED) is 0.302. The van der Waals surface area contributed by atoms with Gasteiger partial charge in [0.15, 0.2) is 0 Å². The van der Waals surface area contributed by atoms with Gasteiger partial charge in [-0.25, -0.2) is 8.42 Å². The van der Waals surface area contributed by atoms with E-state index in [1.54, 1.807) is 54.6 Å². The fraction of sp³-hybridized carbons (Fsp3) is 0.310. The summed E-state index contributed by atoms with van der Waals surface area (Å²) in [6, 6.07) is 18.3. The van der Waals surface area contributed by atoms with Crippen LogP contribution in [0.15, 0.2) is 78.9 Å². The molecule has 12 heteroatoms. The van der Waals surface area contributed by atoms with Crippen LogP contribution in [0.1, 0.15) is 30.0 Å². The molecule has 2 amide bonds. The minimum absolute atomic E-state index is 0.106. The number of anilines is 1. The molecule has 1 unspecified atom stereocenters. The standard InChI is InChI=1S/C29H31ClF3N3O4S/c1-3-16-34-28(38)26(17-21-10-5-4-6-11-21)35(19-22-12-7-8-15-25(22)30)27(37)20-36(41(2,39)40)24-14-9-13-23(18-24)29(31,32)33/h4-15,18,26H,3,16-17,19-20H2,1-2H3,(H,34,38). The lowest BCUT2D eigenvalue weighted by molar-refractivity contribution is -0.140. The predicted octanol–water partition coefficient (Wildman–Crippen LogP) is 5.29. The Morgan fingerprint density at radius 2 is 1.63 bits per heavy atom. The molecule has 3 rings (SSSR count). The molecule has 0 aromatic heterocycles. The summed E-state index contributed by atoms with van der Waals surface area (Å²) in [5.74, 6) is -1.25. The fourth-order valence-corrected chi connectivity index (χ4v) is 5.22. The molecule has 1 N–H and O–H groups in total. The first-order chi connectivity index (χ1) is 19.3. The maximum atomic E-state index is 14.0. The number of sulfonamides is 1. The number of nitrogens with one attached hydrogen (secondary N) is 1. The van der Waals surface area contributed by atoms with E-state index in [9.17, 15) is 31.2 Å². The van der Waals surface area contributed by atoms with Crippen molar-refractivity contribution < 1.29 is 31.2 Å². The molecule has 0 aliphatic carbocycles. The highest BCUT2D eigenvalue weighted by Gasteiger charge is 2.35. The van der Waals surface area contributed by atoms with Gasteiger partial charge in [0.1, 0.15) is 12.6 Å². The van der Waals surface area contributed by atoms with Gasteiger partial charge in [-0.1, -0.05) is 73.1 Å². The van der Waals surface area contributed by atoms with E-state index in [2.05, 4.69) is 5.32 Å². The highest BCUT2D eigenvalue weighted by atomic mass is 35.5.